The molecular formula is C23H25N3O2S. The molecule has 0 spiro atoms. The first-order chi connectivity index (χ1) is 14.0. The van der Waals surface area contributed by atoms with Crippen molar-refractivity contribution in [3.05, 3.63) is 58.5 Å². The van der Waals surface area contributed by atoms with Gasteiger partial charge in [0.25, 0.3) is 5.56 Å². The maximum Gasteiger partial charge on any atom is 0.317 e. The number of rotatable bonds is 2. The molecule has 1 saturated heterocycles. The van der Waals surface area contributed by atoms with E-state index in [1.807, 2.05) is 41.5 Å². The van der Waals surface area contributed by atoms with Crippen LogP contribution in [0.4, 0.5) is 4.79 Å². The van der Waals surface area contributed by atoms with Crippen LogP contribution in [-0.4, -0.2) is 34.6 Å². The molecule has 150 valence electrons. The lowest BCUT2D eigenvalue weighted by Gasteiger charge is -2.43. The number of likely N-dealkylation sites (tertiary alicyclic amines) is 1. The number of nitrogens with zero attached hydrogens (tertiary/aromatic N) is 2. The van der Waals surface area contributed by atoms with E-state index in [0.29, 0.717) is 25.6 Å². The molecule has 1 aromatic carbocycles. The lowest BCUT2D eigenvalue weighted by Crippen LogP contribution is -2.52. The summed E-state index contributed by atoms with van der Waals surface area (Å²) in [7, 11) is 0. The van der Waals surface area contributed by atoms with Crippen molar-refractivity contribution in [1.29, 1.82) is 0 Å². The van der Waals surface area contributed by atoms with E-state index in [0.717, 1.165) is 22.6 Å². The lowest BCUT2D eigenvalue weighted by molar-refractivity contribution is 0.130. The molecule has 2 bridgehead atoms. The van der Waals surface area contributed by atoms with E-state index in [1.165, 1.54) is 10.1 Å². The molecule has 0 aliphatic carbocycles. The number of pyridine rings is 1. The van der Waals surface area contributed by atoms with Gasteiger partial charge in [-0.1, -0.05) is 18.2 Å². The number of hydrogen-bond donors (Lipinski definition) is 1. The smallest absolute Gasteiger partial charge is 0.317 e. The Bertz CT molecular complexity index is 1110. The number of thiophene rings is 1. The Labute approximate surface area is 174 Å². The normalized spacial score (nSPS) is 20.7. The summed E-state index contributed by atoms with van der Waals surface area (Å²) in [6.07, 6.45) is 1.05. The molecule has 6 heteroatoms. The topological polar surface area (TPSA) is 54.3 Å². The summed E-state index contributed by atoms with van der Waals surface area (Å²) in [5.74, 6) is 0.555. The van der Waals surface area contributed by atoms with E-state index >= 15 is 0 Å². The predicted octanol–water partition coefficient (Wildman–Crippen LogP) is 4.27. The summed E-state index contributed by atoms with van der Waals surface area (Å²) in [5, 5.41) is 4.18. The van der Waals surface area contributed by atoms with Crippen molar-refractivity contribution < 1.29 is 4.79 Å². The van der Waals surface area contributed by atoms with Crippen molar-refractivity contribution in [3.63, 3.8) is 0 Å². The zero-order valence-corrected chi connectivity index (χ0v) is 17.5. The monoisotopic (exact) mass is 407 g/mol. The van der Waals surface area contributed by atoms with E-state index in [-0.39, 0.29) is 23.6 Å². The van der Waals surface area contributed by atoms with Crippen LogP contribution in [0.15, 0.2) is 47.3 Å². The minimum Gasteiger partial charge on any atom is -0.336 e. The van der Waals surface area contributed by atoms with Gasteiger partial charge in [-0.25, -0.2) is 4.79 Å². The number of carbonyl (C=O) groups excluding carboxylic acids is 1. The van der Waals surface area contributed by atoms with Crippen LogP contribution in [0.3, 0.4) is 0 Å². The number of piperidine rings is 1. The van der Waals surface area contributed by atoms with Crippen molar-refractivity contribution in [2.45, 2.75) is 38.8 Å². The summed E-state index contributed by atoms with van der Waals surface area (Å²) >= 11 is 1.67. The summed E-state index contributed by atoms with van der Waals surface area (Å²) < 4.78 is 3.17. The number of urea groups is 1. The molecule has 1 N–H and O–H groups in total. The van der Waals surface area contributed by atoms with Crippen LogP contribution >= 0.6 is 11.3 Å². The fourth-order valence-electron chi connectivity index (χ4n) is 4.75. The first kappa shape index (κ1) is 18.4. The van der Waals surface area contributed by atoms with Crippen LogP contribution < -0.4 is 10.9 Å². The molecule has 2 aromatic heterocycles. The van der Waals surface area contributed by atoms with Gasteiger partial charge in [0.05, 0.1) is 5.56 Å². The van der Waals surface area contributed by atoms with Gasteiger partial charge < -0.3 is 14.8 Å². The van der Waals surface area contributed by atoms with Crippen LogP contribution in [0.5, 0.6) is 0 Å². The molecule has 29 heavy (non-hydrogen) atoms. The van der Waals surface area contributed by atoms with Crippen molar-refractivity contribution in [1.82, 2.24) is 14.8 Å². The van der Waals surface area contributed by atoms with Crippen molar-refractivity contribution in [2.75, 3.05) is 13.1 Å². The maximum atomic E-state index is 13.4. The molecular weight excluding hydrogens is 382 g/mol. The van der Waals surface area contributed by atoms with Crippen LogP contribution in [0.2, 0.25) is 0 Å². The van der Waals surface area contributed by atoms with Gasteiger partial charge in [0.2, 0.25) is 0 Å². The highest BCUT2D eigenvalue weighted by molar-refractivity contribution is 7.22. The van der Waals surface area contributed by atoms with Gasteiger partial charge in [-0.05, 0) is 55.8 Å². The number of benzene rings is 1. The standard InChI is InChI=1S/C23H25N3O2S/c1-14(2)24-23(28)25-11-15-9-17(13-25)19-8-7-18(22(27)26(19)12-15)21-10-16-5-3-4-6-20(16)29-21/h3-8,10,14-15,17H,9,11-13H2,1-2H3,(H,24,28). The van der Waals surface area contributed by atoms with E-state index < -0.39 is 0 Å². The molecule has 5 rings (SSSR count). The fraction of sp³-hybridized carbons (Fsp3) is 0.391. The zero-order chi connectivity index (χ0) is 20.1. The zero-order valence-electron chi connectivity index (χ0n) is 16.7. The number of aromatic nitrogens is 1. The molecule has 2 atom stereocenters. The summed E-state index contributed by atoms with van der Waals surface area (Å²) in [6, 6.07) is 14.6. The Kier molecular flexibility index (Phi) is 4.46. The highest BCUT2D eigenvalue weighted by Crippen LogP contribution is 2.37. The molecule has 4 heterocycles. The van der Waals surface area contributed by atoms with Crippen molar-refractivity contribution in [2.24, 2.45) is 5.92 Å². The average molecular weight is 408 g/mol. The number of amides is 2. The second-order valence-electron chi connectivity index (χ2n) is 8.54. The summed E-state index contributed by atoms with van der Waals surface area (Å²) in [5.41, 5.74) is 1.95. The van der Waals surface area contributed by atoms with Gasteiger partial charge in [-0.3, -0.25) is 4.79 Å². The Hall–Kier alpha value is -2.60. The maximum absolute atomic E-state index is 13.4. The molecule has 2 aliphatic heterocycles. The number of carbonyl (C=O) groups is 1. The molecule has 2 aliphatic rings. The van der Waals surface area contributed by atoms with E-state index in [4.69, 9.17) is 0 Å². The minimum atomic E-state index is 0.00685. The second kappa shape index (κ2) is 7.02. The molecule has 2 unspecified atom stereocenters. The molecule has 0 saturated carbocycles. The van der Waals surface area contributed by atoms with Crippen LogP contribution in [0.1, 0.15) is 31.9 Å². The van der Waals surface area contributed by atoms with Crippen LogP contribution in [-0.2, 0) is 6.54 Å². The SMILES string of the molecule is CC(C)NC(=O)N1CC2CC(C1)c1ccc(-c3cc4ccccc4s3)c(=O)n1C2. The number of fused-ring (bicyclic) bond motifs is 5. The summed E-state index contributed by atoms with van der Waals surface area (Å²) in [6.45, 7) is 6.04. The Morgan fingerprint density at radius 2 is 1.97 bits per heavy atom. The van der Waals surface area contributed by atoms with Gasteiger partial charge in [0, 0.05) is 46.9 Å². The first-order valence-electron chi connectivity index (χ1n) is 10.3. The minimum absolute atomic E-state index is 0.00685. The number of hydrogen-bond acceptors (Lipinski definition) is 3. The predicted molar refractivity (Wildman–Crippen MR) is 118 cm³/mol. The largest absolute Gasteiger partial charge is 0.336 e. The Balaban J connectivity index is 1.48. The van der Waals surface area contributed by atoms with E-state index in [1.54, 1.807) is 11.3 Å². The number of nitrogens with one attached hydrogen (secondary N) is 1. The van der Waals surface area contributed by atoms with Gasteiger partial charge >= 0.3 is 6.03 Å². The highest BCUT2D eigenvalue weighted by atomic mass is 32.1. The van der Waals surface area contributed by atoms with Gasteiger partial charge in [-0.15, -0.1) is 11.3 Å². The third kappa shape index (κ3) is 3.25. The van der Waals surface area contributed by atoms with Gasteiger partial charge in [-0.2, -0.15) is 0 Å². The molecule has 3 aromatic rings. The van der Waals surface area contributed by atoms with Crippen molar-refractivity contribution >= 4 is 27.5 Å². The van der Waals surface area contributed by atoms with E-state index in [9.17, 15) is 9.59 Å². The first-order valence-corrected chi connectivity index (χ1v) is 11.1. The quantitative estimate of drug-likeness (QED) is 0.690. The molecule has 0 radical (unpaired) electrons. The van der Waals surface area contributed by atoms with E-state index in [2.05, 4.69) is 29.6 Å². The van der Waals surface area contributed by atoms with Crippen LogP contribution in [0, 0.1) is 5.92 Å². The Morgan fingerprint density at radius 1 is 1.14 bits per heavy atom. The third-order valence-electron chi connectivity index (χ3n) is 5.99. The molecule has 5 nitrogen and oxygen atoms in total. The Morgan fingerprint density at radius 3 is 2.76 bits per heavy atom. The molecule has 1 fully saturated rings. The van der Waals surface area contributed by atoms with Gasteiger partial charge in [0.15, 0.2) is 0 Å². The van der Waals surface area contributed by atoms with Crippen LogP contribution in [0.25, 0.3) is 20.5 Å². The lowest BCUT2D eigenvalue weighted by atomic mass is 9.83. The van der Waals surface area contributed by atoms with Gasteiger partial charge in [0.1, 0.15) is 0 Å². The average Bonchev–Trinajstić information content (AvgIpc) is 3.12. The third-order valence-corrected chi connectivity index (χ3v) is 7.14. The highest BCUT2D eigenvalue weighted by Gasteiger charge is 2.36. The summed E-state index contributed by atoms with van der Waals surface area (Å²) in [4.78, 5) is 28.8. The molecule has 2 amide bonds. The fourth-order valence-corrected chi connectivity index (χ4v) is 5.83. The second-order valence-corrected chi connectivity index (χ2v) is 9.63. The van der Waals surface area contributed by atoms with Crippen molar-refractivity contribution in [3.8, 4) is 10.4 Å².